The molecule has 12 nitrogen and oxygen atoms in total. The quantitative estimate of drug-likeness (QED) is 0.174. The molecule has 1 fully saturated rings. The van der Waals surface area contributed by atoms with E-state index in [-0.39, 0.29) is 36.4 Å². The smallest absolute Gasteiger partial charge is 0.399 e. The summed E-state index contributed by atoms with van der Waals surface area (Å²) in [5.41, 5.74) is -5.64. The number of anilines is 1. The summed E-state index contributed by atoms with van der Waals surface area (Å²) in [6.07, 6.45) is -0.618. The molecular weight excluding hydrogens is 751 g/mol. The van der Waals surface area contributed by atoms with Crippen LogP contribution in [0.4, 0.5) is 14.5 Å². The van der Waals surface area contributed by atoms with E-state index in [0.717, 1.165) is 27.9 Å². The third-order valence-corrected chi connectivity index (χ3v) is 10.6. The highest BCUT2D eigenvalue weighted by Gasteiger charge is 2.50. The van der Waals surface area contributed by atoms with Gasteiger partial charge in [-0.15, -0.1) is 11.3 Å². The van der Waals surface area contributed by atoms with E-state index in [2.05, 4.69) is 21.2 Å². The number of likely N-dealkylation sites (N-methyl/N-ethyl adjacent to an activating group) is 1. The van der Waals surface area contributed by atoms with Crippen molar-refractivity contribution in [2.45, 2.75) is 58.0 Å². The lowest BCUT2D eigenvalue weighted by molar-refractivity contribution is -0.150. The maximum atomic E-state index is 14.4. The van der Waals surface area contributed by atoms with Gasteiger partial charge >= 0.3 is 19.2 Å². The molecule has 3 atom stereocenters. The highest BCUT2D eigenvalue weighted by molar-refractivity contribution is 9.10. The first-order chi connectivity index (χ1) is 22.7. The van der Waals surface area contributed by atoms with Crippen molar-refractivity contribution in [1.82, 2.24) is 10.2 Å². The van der Waals surface area contributed by atoms with E-state index >= 15 is 0 Å². The van der Waals surface area contributed by atoms with E-state index in [9.17, 15) is 32.5 Å². The van der Waals surface area contributed by atoms with Crippen LogP contribution in [-0.4, -0.2) is 83.4 Å². The number of likely N-dealkylation sites (tertiary alicyclic amines) is 1. The number of halogens is 3. The first-order valence-corrected chi connectivity index (χ1v) is 18.4. The number of ether oxygens (including phenoxy) is 2. The Bertz CT molecular complexity index is 1780. The number of alkyl halides is 2. The molecule has 0 radical (unpaired) electrons. The number of benzene rings is 2. The number of nitrogens with one attached hydrogen (secondary N) is 1. The minimum absolute atomic E-state index is 0.0509. The molecule has 2 heterocycles. The predicted molar refractivity (Wildman–Crippen MR) is 183 cm³/mol. The summed E-state index contributed by atoms with van der Waals surface area (Å²) < 4.78 is 52.0. The van der Waals surface area contributed by atoms with Gasteiger partial charge in [-0.05, 0) is 60.2 Å². The maximum Gasteiger partial charge on any atom is 0.399 e. The third-order valence-electron chi connectivity index (χ3n) is 7.96. The molecule has 0 bridgehead atoms. The Morgan fingerprint density at radius 3 is 2.37 bits per heavy atom. The molecule has 266 valence electrons. The van der Waals surface area contributed by atoms with Crippen LogP contribution in [-0.2, 0) is 34.1 Å². The number of carbonyl (C=O) groups excluding carboxylic acids is 4. The van der Waals surface area contributed by atoms with E-state index in [1.165, 1.54) is 21.9 Å². The number of nitrogens with zero attached hydrogens (tertiary/aromatic N) is 2. The fourth-order valence-electron chi connectivity index (χ4n) is 5.33. The lowest BCUT2D eigenvalue weighted by atomic mass is 9.85. The molecule has 17 heteroatoms. The van der Waals surface area contributed by atoms with Crippen molar-refractivity contribution < 1.29 is 51.8 Å². The lowest BCUT2D eigenvalue weighted by Crippen LogP contribution is -2.57. The molecule has 1 aromatic heterocycles. The van der Waals surface area contributed by atoms with Crippen molar-refractivity contribution in [3.8, 4) is 0 Å². The zero-order chi connectivity index (χ0) is 36.5. The second kappa shape index (κ2) is 14.9. The fourth-order valence-corrected chi connectivity index (χ4v) is 7.01. The van der Waals surface area contributed by atoms with E-state index in [1.807, 2.05) is 0 Å². The molecular formula is C32H37BrF2N3O9PS. The number of carbonyl (C=O) groups is 4. The average molecular weight is 789 g/mol. The van der Waals surface area contributed by atoms with Gasteiger partial charge in [-0.1, -0.05) is 42.8 Å². The molecule has 4 rings (SSSR count). The molecule has 1 aliphatic heterocycles. The summed E-state index contributed by atoms with van der Waals surface area (Å²) in [6.45, 7) is 6.57. The Morgan fingerprint density at radius 2 is 1.78 bits per heavy atom. The van der Waals surface area contributed by atoms with Crippen LogP contribution in [0.25, 0.3) is 10.1 Å². The maximum absolute atomic E-state index is 14.4. The van der Waals surface area contributed by atoms with E-state index < -0.39 is 66.1 Å². The molecule has 1 unspecified atom stereocenters. The van der Waals surface area contributed by atoms with Gasteiger partial charge in [0.2, 0.25) is 11.8 Å². The van der Waals surface area contributed by atoms with Gasteiger partial charge < -0.3 is 34.4 Å². The van der Waals surface area contributed by atoms with Gasteiger partial charge in [0.05, 0.1) is 17.6 Å². The Hall–Kier alpha value is -3.27. The number of fused-ring (bicyclic) bond motifs is 1. The van der Waals surface area contributed by atoms with Crippen LogP contribution in [0.3, 0.4) is 0 Å². The summed E-state index contributed by atoms with van der Waals surface area (Å²) in [5.74, 6) is -2.27. The Kier molecular flexibility index (Phi) is 11.7. The number of hydrogen-bond donors (Lipinski definition) is 3. The molecule has 0 saturated carbocycles. The zero-order valence-electron chi connectivity index (χ0n) is 27.3. The minimum Gasteiger partial charge on any atom is -0.464 e. The molecule has 3 N–H and O–H groups in total. The average Bonchev–Trinajstić information content (AvgIpc) is 3.65. The second-order valence-corrected chi connectivity index (χ2v) is 16.2. The van der Waals surface area contributed by atoms with Crippen LogP contribution >= 0.6 is 34.9 Å². The van der Waals surface area contributed by atoms with Crippen LogP contribution in [0.2, 0.25) is 0 Å². The van der Waals surface area contributed by atoms with Crippen LogP contribution in [0.15, 0.2) is 53.0 Å². The first-order valence-electron chi connectivity index (χ1n) is 15.1. The Labute approximate surface area is 294 Å². The van der Waals surface area contributed by atoms with Crippen molar-refractivity contribution in [3.63, 3.8) is 0 Å². The van der Waals surface area contributed by atoms with Crippen molar-refractivity contribution in [2.75, 3.05) is 31.7 Å². The van der Waals surface area contributed by atoms with E-state index in [1.54, 1.807) is 59.0 Å². The molecule has 2 aromatic carbocycles. The van der Waals surface area contributed by atoms with Crippen LogP contribution in [0.1, 0.15) is 49.4 Å². The Morgan fingerprint density at radius 1 is 1.12 bits per heavy atom. The Balaban J connectivity index is 1.61. The van der Waals surface area contributed by atoms with Gasteiger partial charge in [0.1, 0.15) is 18.7 Å². The summed E-state index contributed by atoms with van der Waals surface area (Å²) in [7, 11) is -4.23. The minimum atomic E-state index is -5.81. The molecule has 0 aliphatic carbocycles. The van der Waals surface area contributed by atoms with E-state index in [0.29, 0.717) is 10.4 Å². The van der Waals surface area contributed by atoms with Crippen molar-refractivity contribution >= 4 is 74.3 Å². The second-order valence-electron chi connectivity index (χ2n) is 12.6. The van der Waals surface area contributed by atoms with Crippen molar-refractivity contribution in [3.05, 3.63) is 63.4 Å². The number of thiophene rings is 1. The SMILES string of the molecule is CCOC(=O)CO[C@H]1C[C@@H](C(=O)N(C)c2ccc(Br)cc2)N(C(=O)C(NC(=O)c2cc3cc(C(F)(F)P(=O)(O)O)ccc3s2)C(C)(C)C)C1. The van der Waals surface area contributed by atoms with Crippen LogP contribution in [0, 0.1) is 5.41 Å². The van der Waals surface area contributed by atoms with E-state index in [4.69, 9.17) is 19.3 Å². The normalized spacial score (nSPS) is 17.6. The lowest BCUT2D eigenvalue weighted by Gasteiger charge is -2.36. The van der Waals surface area contributed by atoms with Gasteiger partial charge in [0.15, 0.2) is 0 Å². The molecule has 49 heavy (non-hydrogen) atoms. The highest BCUT2D eigenvalue weighted by atomic mass is 79.9. The molecule has 3 aromatic rings. The monoisotopic (exact) mass is 787 g/mol. The third kappa shape index (κ3) is 8.73. The fraction of sp³-hybridized carbons (Fsp3) is 0.438. The number of hydrogen-bond acceptors (Lipinski definition) is 8. The molecule has 1 saturated heterocycles. The topological polar surface area (TPSA) is 163 Å². The highest BCUT2D eigenvalue weighted by Crippen LogP contribution is 2.59. The predicted octanol–water partition coefficient (Wildman–Crippen LogP) is 5.25. The number of esters is 1. The largest absolute Gasteiger partial charge is 0.464 e. The van der Waals surface area contributed by atoms with Gasteiger partial charge in [-0.2, -0.15) is 8.78 Å². The van der Waals surface area contributed by atoms with Crippen LogP contribution in [0.5, 0.6) is 0 Å². The molecule has 3 amide bonds. The van der Waals surface area contributed by atoms with Crippen molar-refractivity contribution in [2.24, 2.45) is 5.41 Å². The van der Waals surface area contributed by atoms with Gasteiger partial charge in [0, 0.05) is 40.4 Å². The number of amides is 3. The summed E-state index contributed by atoms with van der Waals surface area (Å²) in [6, 6.07) is 9.16. The standard InChI is InChI=1S/C32H37BrF2N3O9PS/c1-6-46-26(39)17-47-22-15-23(29(41)37(5)21-10-8-20(33)9-11-21)38(16-22)30(42)27(31(2,3)4)36-28(40)25-14-18-13-19(7-12-24(18)49-25)32(34,35)48(43,44)45/h7-14,22-23,27H,6,15-17H2,1-5H3,(H,36,40)(H2,43,44,45)/t22-,23-,27?/m0/s1. The molecule has 1 aliphatic rings. The summed E-state index contributed by atoms with van der Waals surface area (Å²) in [5, 5.41) is 2.91. The summed E-state index contributed by atoms with van der Waals surface area (Å²) >= 11 is 4.32. The number of rotatable bonds is 11. The van der Waals surface area contributed by atoms with Gasteiger partial charge in [-0.3, -0.25) is 18.9 Å². The zero-order valence-corrected chi connectivity index (χ0v) is 30.6. The first kappa shape index (κ1) is 38.5. The summed E-state index contributed by atoms with van der Waals surface area (Å²) in [4.78, 5) is 74.9. The van der Waals surface area contributed by atoms with Crippen molar-refractivity contribution in [1.29, 1.82) is 0 Å². The van der Waals surface area contributed by atoms with Gasteiger partial charge in [-0.25, -0.2) is 4.79 Å². The van der Waals surface area contributed by atoms with Crippen LogP contribution < -0.4 is 10.2 Å². The van der Waals surface area contributed by atoms with Gasteiger partial charge in [0.25, 0.3) is 5.91 Å². The molecule has 0 spiro atoms.